The highest BCUT2D eigenvalue weighted by Gasteiger charge is 2.47. The lowest BCUT2D eigenvalue weighted by molar-refractivity contribution is -0.122. The topological polar surface area (TPSA) is 66.5 Å². The van der Waals surface area contributed by atoms with Crippen LogP contribution in [0.1, 0.15) is 23.2 Å². The van der Waals surface area contributed by atoms with E-state index in [-0.39, 0.29) is 29.6 Å². The minimum atomic E-state index is -0.267. The summed E-state index contributed by atoms with van der Waals surface area (Å²) >= 11 is 0. The summed E-state index contributed by atoms with van der Waals surface area (Å²) in [6.45, 7) is 0. The highest BCUT2D eigenvalue weighted by molar-refractivity contribution is 6.22. The number of anilines is 2. The van der Waals surface area contributed by atoms with Crippen LogP contribution in [-0.4, -0.2) is 17.7 Å². The molecule has 0 saturated carbocycles. The molecule has 1 aliphatic carbocycles. The maximum atomic E-state index is 12.8. The van der Waals surface area contributed by atoms with Gasteiger partial charge in [-0.3, -0.25) is 19.3 Å². The Hall–Kier alpha value is -3.73. The van der Waals surface area contributed by atoms with E-state index in [9.17, 15) is 14.4 Å². The molecule has 3 amide bonds. The monoisotopic (exact) mass is 396 g/mol. The largest absolute Gasteiger partial charge is 0.321 e. The Morgan fingerprint density at radius 2 is 1.43 bits per heavy atom. The normalized spacial score (nSPS) is 20.5. The average molecular weight is 396 g/mol. The fourth-order valence-electron chi connectivity index (χ4n) is 4.35. The van der Waals surface area contributed by atoms with Gasteiger partial charge in [-0.15, -0.1) is 0 Å². The van der Waals surface area contributed by atoms with Crippen LogP contribution in [0.2, 0.25) is 0 Å². The second kappa shape index (κ2) is 7.26. The number of fused-ring (bicyclic) bond motifs is 2. The van der Waals surface area contributed by atoms with Crippen LogP contribution in [0.5, 0.6) is 0 Å². The molecule has 5 nitrogen and oxygen atoms in total. The van der Waals surface area contributed by atoms with Gasteiger partial charge in [0.1, 0.15) is 0 Å². The van der Waals surface area contributed by atoms with Crippen molar-refractivity contribution in [2.45, 2.75) is 12.8 Å². The number of benzene rings is 3. The summed E-state index contributed by atoms with van der Waals surface area (Å²) in [5, 5.41) is 4.97. The van der Waals surface area contributed by atoms with E-state index in [1.54, 1.807) is 24.3 Å². The molecular weight excluding hydrogens is 376 g/mol. The van der Waals surface area contributed by atoms with E-state index in [0.717, 1.165) is 16.5 Å². The lowest BCUT2D eigenvalue weighted by Gasteiger charge is -2.15. The summed E-state index contributed by atoms with van der Waals surface area (Å²) in [5.74, 6) is -1.08. The lowest BCUT2D eigenvalue weighted by Crippen LogP contribution is -2.30. The third-order valence-corrected chi connectivity index (χ3v) is 5.93. The Morgan fingerprint density at radius 3 is 2.13 bits per heavy atom. The number of imide groups is 1. The van der Waals surface area contributed by atoms with Crippen LogP contribution in [0.25, 0.3) is 10.8 Å². The Labute approximate surface area is 174 Å². The average Bonchev–Trinajstić information content (AvgIpc) is 3.04. The third kappa shape index (κ3) is 2.99. The van der Waals surface area contributed by atoms with Gasteiger partial charge in [-0.25, -0.2) is 0 Å². The van der Waals surface area contributed by atoms with Crippen LogP contribution in [0.3, 0.4) is 0 Å². The van der Waals surface area contributed by atoms with Crippen LogP contribution >= 0.6 is 0 Å². The number of carbonyl (C=O) groups excluding carboxylic acids is 3. The predicted molar refractivity (Wildman–Crippen MR) is 116 cm³/mol. The number of allylic oxidation sites excluding steroid dienone is 2. The van der Waals surface area contributed by atoms with Crippen molar-refractivity contribution in [3.63, 3.8) is 0 Å². The number of amides is 3. The second-order valence-electron chi connectivity index (χ2n) is 7.70. The van der Waals surface area contributed by atoms with E-state index in [2.05, 4.69) is 5.32 Å². The molecule has 1 saturated heterocycles. The first-order valence-corrected chi connectivity index (χ1v) is 10.1. The summed E-state index contributed by atoms with van der Waals surface area (Å²) in [4.78, 5) is 39.5. The summed E-state index contributed by atoms with van der Waals surface area (Å²) in [7, 11) is 0. The predicted octanol–water partition coefficient (Wildman–Crippen LogP) is 4.55. The van der Waals surface area contributed by atoms with Crippen molar-refractivity contribution in [3.05, 3.63) is 84.4 Å². The molecule has 3 aromatic carbocycles. The van der Waals surface area contributed by atoms with Gasteiger partial charge in [-0.1, -0.05) is 48.6 Å². The second-order valence-corrected chi connectivity index (χ2v) is 7.70. The summed E-state index contributed by atoms with van der Waals surface area (Å²) < 4.78 is 0. The first kappa shape index (κ1) is 18.3. The molecule has 1 fully saturated rings. The van der Waals surface area contributed by atoms with E-state index in [0.29, 0.717) is 24.1 Å². The summed E-state index contributed by atoms with van der Waals surface area (Å²) in [6.07, 6.45) is 5.15. The highest BCUT2D eigenvalue weighted by atomic mass is 16.2. The van der Waals surface area contributed by atoms with Gasteiger partial charge < -0.3 is 5.32 Å². The molecule has 5 heteroatoms. The molecule has 0 radical (unpaired) electrons. The maximum absolute atomic E-state index is 12.8. The molecule has 3 aromatic rings. The van der Waals surface area contributed by atoms with Crippen molar-refractivity contribution in [1.82, 2.24) is 0 Å². The van der Waals surface area contributed by atoms with E-state index in [1.165, 1.54) is 4.90 Å². The van der Waals surface area contributed by atoms with E-state index >= 15 is 0 Å². The molecule has 148 valence electrons. The van der Waals surface area contributed by atoms with Crippen LogP contribution in [0.4, 0.5) is 11.4 Å². The number of hydrogen-bond acceptors (Lipinski definition) is 3. The fourth-order valence-corrected chi connectivity index (χ4v) is 4.35. The zero-order valence-corrected chi connectivity index (χ0v) is 16.2. The number of hydrogen-bond donors (Lipinski definition) is 1. The van der Waals surface area contributed by atoms with Gasteiger partial charge in [0, 0.05) is 16.6 Å². The van der Waals surface area contributed by atoms with Crippen molar-refractivity contribution < 1.29 is 14.4 Å². The molecule has 1 N–H and O–H groups in total. The molecule has 2 atom stereocenters. The van der Waals surface area contributed by atoms with Gasteiger partial charge in [0.05, 0.1) is 17.5 Å². The fraction of sp³-hybridized carbons (Fsp3) is 0.160. The molecule has 5 rings (SSSR count). The summed E-state index contributed by atoms with van der Waals surface area (Å²) in [6, 6.07) is 20.3. The molecule has 0 spiro atoms. The van der Waals surface area contributed by atoms with Gasteiger partial charge in [0.2, 0.25) is 11.8 Å². The minimum Gasteiger partial charge on any atom is -0.321 e. The van der Waals surface area contributed by atoms with Gasteiger partial charge in [0.25, 0.3) is 5.91 Å². The smallest absolute Gasteiger partial charge is 0.255 e. The van der Waals surface area contributed by atoms with Crippen molar-refractivity contribution >= 4 is 39.9 Å². The van der Waals surface area contributed by atoms with E-state index in [4.69, 9.17) is 0 Å². The number of nitrogens with one attached hydrogen (secondary N) is 1. The van der Waals surface area contributed by atoms with Crippen LogP contribution in [0, 0.1) is 11.8 Å². The van der Waals surface area contributed by atoms with Gasteiger partial charge in [-0.2, -0.15) is 0 Å². The molecule has 30 heavy (non-hydrogen) atoms. The van der Waals surface area contributed by atoms with Crippen molar-refractivity contribution in [3.8, 4) is 0 Å². The summed E-state index contributed by atoms with van der Waals surface area (Å²) in [5.41, 5.74) is 1.72. The van der Waals surface area contributed by atoms with Gasteiger partial charge in [-0.05, 0) is 48.6 Å². The van der Waals surface area contributed by atoms with Gasteiger partial charge >= 0.3 is 0 Å². The van der Waals surface area contributed by atoms with Crippen LogP contribution in [0.15, 0.2) is 78.9 Å². The Kier molecular flexibility index (Phi) is 4.43. The molecule has 0 bridgehead atoms. The molecule has 2 aliphatic rings. The van der Waals surface area contributed by atoms with Crippen LogP contribution in [-0.2, 0) is 9.59 Å². The van der Waals surface area contributed by atoms with Crippen molar-refractivity contribution in [2.75, 3.05) is 10.2 Å². The van der Waals surface area contributed by atoms with E-state index in [1.807, 2.05) is 54.6 Å². The number of nitrogens with zero attached hydrogens (tertiary/aromatic N) is 1. The van der Waals surface area contributed by atoms with Crippen LogP contribution < -0.4 is 10.2 Å². The Morgan fingerprint density at radius 1 is 0.800 bits per heavy atom. The number of carbonyl (C=O) groups is 3. The molecular formula is C25H20N2O3. The lowest BCUT2D eigenvalue weighted by atomic mass is 9.85. The standard InChI is InChI=1S/C25H20N2O3/c28-23(26-22-11-5-7-16-6-1-2-8-19(16)22)17-12-14-18(15-13-17)27-24(29)20-9-3-4-10-21(20)25(27)30/h1-8,11-15,20-21H,9-10H2,(H,26,28). The number of rotatable bonds is 3. The highest BCUT2D eigenvalue weighted by Crippen LogP contribution is 2.37. The zero-order valence-electron chi connectivity index (χ0n) is 16.2. The molecule has 1 aliphatic heterocycles. The Balaban J connectivity index is 1.37. The maximum Gasteiger partial charge on any atom is 0.255 e. The third-order valence-electron chi connectivity index (χ3n) is 5.93. The van der Waals surface area contributed by atoms with Crippen molar-refractivity contribution in [2.24, 2.45) is 11.8 Å². The van der Waals surface area contributed by atoms with E-state index < -0.39 is 0 Å². The molecule has 0 aromatic heterocycles. The first-order valence-electron chi connectivity index (χ1n) is 10.1. The van der Waals surface area contributed by atoms with Crippen molar-refractivity contribution in [1.29, 1.82) is 0 Å². The first-order chi connectivity index (χ1) is 14.6. The zero-order chi connectivity index (χ0) is 20.7. The quantitative estimate of drug-likeness (QED) is 0.522. The van der Waals surface area contributed by atoms with Gasteiger partial charge in [0.15, 0.2) is 0 Å². The Bertz CT molecular complexity index is 1170. The molecule has 2 unspecified atom stereocenters. The SMILES string of the molecule is O=C(Nc1cccc2ccccc12)c1ccc(N2C(=O)C3CC=CCC3C2=O)cc1. The molecule has 1 heterocycles. The minimum absolute atomic E-state index is 0.151.